The molecule has 8 nitrogen and oxygen atoms in total. The topological polar surface area (TPSA) is 99.5 Å². The molecule has 2 heterocycles. The summed E-state index contributed by atoms with van der Waals surface area (Å²) >= 11 is 0. The third-order valence-electron chi connectivity index (χ3n) is 5.26. The van der Waals surface area contributed by atoms with E-state index in [0.717, 1.165) is 5.56 Å². The molecule has 1 atom stereocenters. The van der Waals surface area contributed by atoms with Crippen molar-refractivity contribution < 1.29 is 22.7 Å². The molecule has 1 aliphatic heterocycles. The molecule has 0 saturated carbocycles. The van der Waals surface area contributed by atoms with Crippen molar-refractivity contribution in [3.8, 4) is 22.8 Å². The van der Waals surface area contributed by atoms with Gasteiger partial charge in [-0.05, 0) is 61.0 Å². The highest BCUT2D eigenvalue weighted by Crippen LogP contribution is 2.31. The van der Waals surface area contributed by atoms with Crippen molar-refractivity contribution in [2.75, 3.05) is 31.0 Å². The van der Waals surface area contributed by atoms with Crippen LogP contribution in [0.1, 0.15) is 23.0 Å². The Morgan fingerprint density at radius 1 is 1.03 bits per heavy atom. The van der Waals surface area contributed by atoms with Gasteiger partial charge in [0.15, 0.2) is 15.5 Å². The minimum Gasteiger partial charge on any atom is -0.497 e. The maximum atomic E-state index is 12.9. The molecule has 2 aromatic carbocycles. The number of hydrogen-bond donors (Lipinski definition) is 1. The van der Waals surface area contributed by atoms with Gasteiger partial charge < -0.3 is 14.8 Å². The fraction of sp³-hybridized carbons (Fsp3) is 0.273. The number of carbonyl (C=O) groups is 1. The Labute approximate surface area is 180 Å². The van der Waals surface area contributed by atoms with Crippen molar-refractivity contribution in [2.45, 2.75) is 12.5 Å². The van der Waals surface area contributed by atoms with Crippen LogP contribution >= 0.6 is 0 Å². The molecule has 1 saturated heterocycles. The number of aromatic nitrogens is 2. The van der Waals surface area contributed by atoms with Crippen LogP contribution < -0.4 is 14.8 Å². The van der Waals surface area contributed by atoms with Gasteiger partial charge in [-0.1, -0.05) is 0 Å². The fourth-order valence-corrected chi connectivity index (χ4v) is 5.29. The third kappa shape index (κ3) is 4.56. The standard InChI is InChI=1S/C22H23N3O5S/c1-29-18-7-3-15(4-8-18)21-13-20(24-25(21)17-11-12-31(27,28)14-17)22(26)23-16-5-9-19(30-2)10-6-16/h3-10,13,17H,11-12,14H2,1-2H3,(H,23,26). The van der Waals surface area contributed by atoms with Crippen LogP contribution in [0.2, 0.25) is 0 Å². The summed E-state index contributed by atoms with van der Waals surface area (Å²) in [5.41, 5.74) is 2.33. The minimum absolute atomic E-state index is 0.0113. The maximum absolute atomic E-state index is 12.9. The van der Waals surface area contributed by atoms with E-state index >= 15 is 0 Å². The first-order valence-electron chi connectivity index (χ1n) is 9.78. The molecule has 162 valence electrons. The summed E-state index contributed by atoms with van der Waals surface area (Å²) in [4.78, 5) is 12.9. The maximum Gasteiger partial charge on any atom is 0.276 e. The Bertz CT molecular complexity index is 1180. The SMILES string of the molecule is COc1ccc(NC(=O)c2cc(-c3ccc(OC)cc3)n(C3CCS(=O)(=O)C3)n2)cc1. The number of sulfone groups is 1. The van der Waals surface area contributed by atoms with Crippen molar-refractivity contribution in [1.82, 2.24) is 9.78 Å². The predicted octanol–water partition coefficient (Wildman–Crippen LogP) is 3.18. The second kappa shape index (κ2) is 8.43. The molecule has 1 amide bonds. The largest absolute Gasteiger partial charge is 0.497 e. The van der Waals surface area contributed by atoms with Crippen LogP contribution in [0.5, 0.6) is 11.5 Å². The number of nitrogens with one attached hydrogen (secondary N) is 1. The smallest absolute Gasteiger partial charge is 0.276 e. The summed E-state index contributed by atoms with van der Waals surface area (Å²) < 4.78 is 36.1. The van der Waals surface area contributed by atoms with Gasteiger partial charge in [-0.3, -0.25) is 9.48 Å². The number of amides is 1. The van der Waals surface area contributed by atoms with Gasteiger partial charge in [0.25, 0.3) is 5.91 Å². The highest BCUT2D eigenvalue weighted by atomic mass is 32.2. The van der Waals surface area contributed by atoms with Gasteiger partial charge in [-0.25, -0.2) is 8.42 Å². The molecule has 1 aliphatic rings. The number of benzene rings is 2. The van der Waals surface area contributed by atoms with E-state index in [2.05, 4.69) is 10.4 Å². The van der Waals surface area contributed by atoms with Crippen LogP contribution in [0.3, 0.4) is 0 Å². The molecule has 0 aliphatic carbocycles. The van der Waals surface area contributed by atoms with E-state index in [0.29, 0.717) is 29.3 Å². The summed E-state index contributed by atoms with van der Waals surface area (Å²) in [7, 11) is 0.0485. The first kappa shape index (κ1) is 20.9. The molecule has 0 radical (unpaired) electrons. The number of anilines is 1. The van der Waals surface area contributed by atoms with Gasteiger partial charge >= 0.3 is 0 Å². The zero-order chi connectivity index (χ0) is 22.0. The van der Waals surface area contributed by atoms with E-state index in [1.165, 1.54) is 0 Å². The van der Waals surface area contributed by atoms with Gasteiger partial charge in [-0.15, -0.1) is 0 Å². The molecule has 4 rings (SSSR count). The van der Waals surface area contributed by atoms with E-state index in [-0.39, 0.29) is 29.1 Å². The first-order chi connectivity index (χ1) is 14.9. The third-order valence-corrected chi connectivity index (χ3v) is 7.01. The van der Waals surface area contributed by atoms with E-state index < -0.39 is 9.84 Å². The Morgan fingerprint density at radius 2 is 1.65 bits per heavy atom. The number of ether oxygens (including phenoxy) is 2. The zero-order valence-corrected chi connectivity index (χ0v) is 18.1. The average molecular weight is 442 g/mol. The number of rotatable bonds is 6. The van der Waals surface area contributed by atoms with Crippen LogP contribution in [0, 0.1) is 0 Å². The quantitative estimate of drug-likeness (QED) is 0.631. The van der Waals surface area contributed by atoms with E-state index in [4.69, 9.17) is 9.47 Å². The summed E-state index contributed by atoms with van der Waals surface area (Å²) in [5.74, 6) is 1.14. The molecule has 0 spiro atoms. The minimum atomic E-state index is -3.11. The summed E-state index contributed by atoms with van der Waals surface area (Å²) in [5, 5.41) is 7.31. The number of carbonyl (C=O) groups excluding carboxylic acids is 1. The normalized spacial score (nSPS) is 17.3. The Morgan fingerprint density at radius 3 is 2.19 bits per heavy atom. The van der Waals surface area contributed by atoms with E-state index in [1.54, 1.807) is 49.2 Å². The van der Waals surface area contributed by atoms with Crippen LogP contribution in [0.4, 0.5) is 5.69 Å². The van der Waals surface area contributed by atoms with Gasteiger partial charge in [0.2, 0.25) is 0 Å². The van der Waals surface area contributed by atoms with Gasteiger partial charge in [0.1, 0.15) is 11.5 Å². The van der Waals surface area contributed by atoms with Crippen molar-refractivity contribution >= 4 is 21.4 Å². The highest BCUT2D eigenvalue weighted by molar-refractivity contribution is 7.91. The number of nitrogens with zero attached hydrogens (tertiary/aromatic N) is 2. The van der Waals surface area contributed by atoms with Crippen molar-refractivity contribution in [2.24, 2.45) is 0 Å². The van der Waals surface area contributed by atoms with E-state index in [1.807, 2.05) is 24.3 Å². The molecule has 1 N–H and O–H groups in total. The van der Waals surface area contributed by atoms with Gasteiger partial charge in [-0.2, -0.15) is 5.10 Å². The van der Waals surface area contributed by atoms with Crippen LogP contribution in [-0.2, 0) is 9.84 Å². The Balaban J connectivity index is 1.67. The van der Waals surface area contributed by atoms with Crippen molar-refractivity contribution in [1.29, 1.82) is 0 Å². The Hall–Kier alpha value is -3.33. The zero-order valence-electron chi connectivity index (χ0n) is 17.2. The van der Waals surface area contributed by atoms with E-state index in [9.17, 15) is 13.2 Å². The Kier molecular flexibility index (Phi) is 5.69. The lowest BCUT2D eigenvalue weighted by Crippen LogP contribution is -2.16. The molecule has 31 heavy (non-hydrogen) atoms. The van der Waals surface area contributed by atoms with Crippen LogP contribution in [0.15, 0.2) is 54.6 Å². The number of hydrogen-bond acceptors (Lipinski definition) is 6. The number of methoxy groups -OCH3 is 2. The second-order valence-electron chi connectivity index (χ2n) is 7.33. The predicted molar refractivity (Wildman–Crippen MR) is 117 cm³/mol. The average Bonchev–Trinajstić information content (AvgIpc) is 3.38. The van der Waals surface area contributed by atoms with Crippen molar-refractivity contribution in [3.05, 3.63) is 60.3 Å². The molecule has 1 unspecified atom stereocenters. The van der Waals surface area contributed by atoms with Crippen molar-refractivity contribution in [3.63, 3.8) is 0 Å². The van der Waals surface area contributed by atoms with Gasteiger partial charge in [0, 0.05) is 11.3 Å². The molecule has 1 fully saturated rings. The summed E-state index contributed by atoms with van der Waals surface area (Å²) in [6.45, 7) is 0. The van der Waals surface area contributed by atoms with Crippen LogP contribution in [0.25, 0.3) is 11.3 Å². The monoisotopic (exact) mass is 441 g/mol. The van der Waals surface area contributed by atoms with Crippen LogP contribution in [-0.4, -0.2) is 49.8 Å². The lowest BCUT2D eigenvalue weighted by Gasteiger charge is -2.13. The molecule has 3 aromatic rings. The highest BCUT2D eigenvalue weighted by Gasteiger charge is 2.32. The molecular weight excluding hydrogens is 418 g/mol. The first-order valence-corrected chi connectivity index (χ1v) is 11.6. The summed E-state index contributed by atoms with van der Waals surface area (Å²) in [6, 6.07) is 15.7. The molecule has 9 heteroatoms. The lowest BCUT2D eigenvalue weighted by atomic mass is 10.1. The van der Waals surface area contributed by atoms with Gasteiger partial charge in [0.05, 0.1) is 37.5 Å². The molecule has 0 bridgehead atoms. The summed E-state index contributed by atoms with van der Waals surface area (Å²) in [6.07, 6.45) is 0.465. The molecule has 1 aromatic heterocycles. The molecular formula is C22H23N3O5S. The second-order valence-corrected chi connectivity index (χ2v) is 9.56. The lowest BCUT2D eigenvalue weighted by molar-refractivity contribution is 0.102. The fourth-order valence-electron chi connectivity index (χ4n) is 3.60.